The number of nitrogens with zero attached hydrogens (tertiary/aromatic N) is 4. The molecule has 3 atom stereocenters. The molecule has 0 amide bonds. The summed E-state index contributed by atoms with van der Waals surface area (Å²) in [7, 11) is 2.01. The van der Waals surface area contributed by atoms with E-state index >= 15 is 0 Å². The van der Waals surface area contributed by atoms with Crippen LogP contribution in [0.5, 0.6) is 0 Å². The second kappa shape index (κ2) is 5.64. The number of fused-ring (bicyclic) bond motifs is 1. The number of alkyl halides is 1. The molecular formula is C16H25ClN4. The summed E-state index contributed by atoms with van der Waals surface area (Å²) in [5.41, 5.74) is 3.15. The van der Waals surface area contributed by atoms with Crippen LogP contribution in [0, 0.1) is 12.8 Å². The fourth-order valence-corrected chi connectivity index (χ4v) is 4.08. The molecule has 1 saturated carbocycles. The third-order valence-corrected chi connectivity index (χ3v) is 5.14. The lowest BCUT2D eigenvalue weighted by Crippen LogP contribution is -2.25. The fourth-order valence-electron chi connectivity index (χ4n) is 3.92. The lowest BCUT2D eigenvalue weighted by atomic mass is 9.82. The Bertz CT molecular complexity index is 640. The number of hydrogen-bond donors (Lipinski definition) is 0. The predicted octanol–water partition coefficient (Wildman–Crippen LogP) is 4.52. The highest BCUT2D eigenvalue weighted by molar-refractivity contribution is 6.20. The van der Waals surface area contributed by atoms with Crippen LogP contribution in [-0.4, -0.2) is 19.3 Å². The van der Waals surface area contributed by atoms with Crippen LogP contribution in [0.25, 0.3) is 11.2 Å². The zero-order valence-electron chi connectivity index (χ0n) is 13.4. The van der Waals surface area contributed by atoms with Crippen molar-refractivity contribution in [2.45, 2.75) is 64.3 Å². The van der Waals surface area contributed by atoms with E-state index in [4.69, 9.17) is 16.6 Å². The fraction of sp³-hybridized carbons (Fsp3) is 0.750. The maximum Gasteiger partial charge on any atom is 0.158 e. The van der Waals surface area contributed by atoms with Crippen LogP contribution < -0.4 is 0 Å². The summed E-state index contributed by atoms with van der Waals surface area (Å²) in [5, 5.41) is 4.47. The zero-order chi connectivity index (χ0) is 15.1. The minimum absolute atomic E-state index is 0.0729. The highest BCUT2D eigenvalue weighted by atomic mass is 35.5. The van der Waals surface area contributed by atoms with Crippen LogP contribution in [0.2, 0.25) is 0 Å². The van der Waals surface area contributed by atoms with Crippen molar-refractivity contribution < 1.29 is 0 Å². The van der Waals surface area contributed by atoms with E-state index in [1.54, 1.807) is 0 Å². The molecule has 0 saturated heterocycles. The predicted molar refractivity (Wildman–Crippen MR) is 86.8 cm³/mol. The second-order valence-corrected chi connectivity index (χ2v) is 7.01. The number of imidazole rings is 1. The monoisotopic (exact) mass is 308 g/mol. The third-order valence-electron chi connectivity index (χ3n) is 4.94. The Morgan fingerprint density at radius 3 is 2.71 bits per heavy atom. The van der Waals surface area contributed by atoms with Crippen molar-refractivity contribution in [3.63, 3.8) is 0 Å². The van der Waals surface area contributed by atoms with Gasteiger partial charge >= 0.3 is 0 Å². The van der Waals surface area contributed by atoms with Crippen LogP contribution in [0.4, 0.5) is 0 Å². The van der Waals surface area contributed by atoms with Gasteiger partial charge in [0, 0.05) is 13.1 Å². The van der Waals surface area contributed by atoms with Crippen LogP contribution in [0.3, 0.4) is 0 Å². The first kappa shape index (κ1) is 14.9. The summed E-state index contributed by atoms with van der Waals surface area (Å²) in [6, 6.07) is 0.514. The van der Waals surface area contributed by atoms with E-state index in [2.05, 4.69) is 16.6 Å². The van der Waals surface area contributed by atoms with Gasteiger partial charge in [-0.15, -0.1) is 11.6 Å². The van der Waals surface area contributed by atoms with Gasteiger partial charge in [0.2, 0.25) is 0 Å². The van der Waals surface area contributed by atoms with E-state index in [1.807, 2.05) is 25.6 Å². The Kier molecular flexibility index (Phi) is 4.00. The highest BCUT2D eigenvalue weighted by Crippen LogP contribution is 2.40. The van der Waals surface area contributed by atoms with Crippen molar-refractivity contribution in [2.75, 3.05) is 0 Å². The van der Waals surface area contributed by atoms with Gasteiger partial charge in [0.15, 0.2) is 5.65 Å². The molecule has 0 radical (unpaired) electrons. The van der Waals surface area contributed by atoms with E-state index in [9.17, 15) is 0 Å². The van der Waals surface area contributed by atoms with Crippen LogP contribution in [0.15, 0.2) is 0 Å². The van der Waals surface area contributed by atoms with Crippen LogP contribution in [0.1, 0.15) is 68.9 Å². The topological polar surface area (TPSA) is 35.6 Å². The number of rotatable bonds is 3. The SMILES string of the molecule is CCC1CCCCC1n1c(C(C)Cl)nc2c(C)nn(C)c21. The third kappa shape index (κ3) is 2.37. The molecule has 1 aliphatic rings. The molecule has 2 heterocycles. The van der Waals surface area contributed by atoms with E-state index in [-0.39, 0.29) is 5.38 Å². The van der Waals surface area contributed by atoms with Crippen LogP contribution >= 0.6 is 11.6 Å². The summed E-state index contributed by atoms with van der Waals surface area (Å²) >= 11 is 6.44. The van der Waals surface area contributed by atoms with Crippen molar-refractivity contribution in [1.29, 1.82) is 0 Å². The van der Waals surface area contributed by atoms with Gasteiger partial charge < -0.3 is 4.57 Å². The average molecular weight is 309 g/mol. The number of hydrogen-bond acceptors (Lipinski definition) is 2. The van der Waals surface area contributed by atoms with E-state index in [0.717, 1.165) is 28.6 Å². The van der Waals surface area contributed by atoms with E-state index in [0.29, 0.717) is 6.04 Å². The van der Waals surface area contributed by atoms with E-state index < -0.39 is 0 Å². The average Bonchev–Trinajstić information content (AvgIpc) is 2.98. The molecule has 2 aromatic heterocycles. The molecule has 116 valence electrons. The largest absolute Gasteiger partial charge is 0.308 e. The molecule has 4 nitrogen and oxygen atoms in total. The molecule has 2 aromatic rings. The quantitative estimate of drug-likeness (QED) is 0.782. The van der Waals surface area contributed by atoms with Gasteiger partial charge in [0.05, 0.1) is 11.1 Å². The Morgan fingerprint density at radius 1 is 1.33 bits per heavy atom. The van der Waals surface area contributed by atoms with Crippen molar-refractivity contribution >= 4 is 22.8 Å². The molecule has 1 fully saturated rings. The minimum Gasteiger partial charge on any atom is -0.308 e. The minimum atomic E-state index is -0.0729. The lowest BCUT2D eigenvalue weighted by molar-refractivity contribution is 0.231. The van der Waals surface area contributed by atoms with Gasteiger partial charge in [0.1, 0.15) is 11.3 Å². The first-order chi connectivity index (χ1) is 10.0. The zero-order valence-corrected chi connectivity index (χ0v) is 14.2. The van der Waals surface area contributed by atoms with Gasteiger partial charge in [0.25, 0.3) is 0 Å². The van der Waals surface area contributed by atoms with Gasteiger partial charge in [-0.3, -0.25) is 4.68 Å². The second-order valence-electron chi connectivity index (χ2n) is 6.36. The normalized spacial score (nSPS) is 24.6. The maximum atomic E-state index is 6.44. The summed E-state index contributed by atoms with van der Waals surface area (Å²) < 4.78 is 4.38. The molecule has 1 aliphatic carbocycles. The molecule has 0 N–H and O–H groups in total. The molecule has 5 heteroatoms. The van der Waals surface area contributed by atoms with Crippen molar-refractivity contribution in [3.8, 4) is 0 Å². The Hall–Kier alpha value is -1.03. The molecule has 21 heavy (non-hydrogen) atoms. The first-order valence-electron chi connectivity index (χ1n) is 8.10. The molecular weight excluding hydrogens is 284 g/mol. The van der Waals surface area contributed by atoms with Gasteiger partial charge in [-0.2, -0.15) is 5.10 Å². The first-order valence-corrected chi connectivity index (χ1v) is 8.53. The lowest BCUT2D eigenvalue weighted by Gasteiger charge is -2.33. The maximum absolute atomic E-state index is 6.44. The standard InChI is InChI=1S/C16H25ClN4/c1-5-12-8-6-7-9-13(12)21-15(10(2)17)18-14-11(3)19-20(4)16(14)21/h10,12-13H,5-9H2,1-4H3. The van der Waals surface area contributed by atoms with Gasteiger partial charge in [-0.05, 0) is 32.6 Å². The summed E-state index contributed by atoms with van der Waals surface area (Å²) in [6.07, 6.45) is 6.41. The molecule has 0 aliphatic heterocycles. The van der Waals surface area contributed by atoms with Crippen molar-refractivity contribution in [1.82, 2.24) is 19.3 Å². The molecule has 0 aromatic carbocycles. The van der Waals surface area contributed by atoms with Crippen LogP contribution in [-0.2, 0) is 7.05 Å². The number of aromatic nitrogens is 4. The summed E-state index contributed by atoms with van der Waals surface area (Å²) in [6.45, 7) is 6.35. The van der Waals surface area contributed by atoms with Gasteiger partial charge in [-0.25, -0.2) is 4.98 Å². The number of halogens is 1. The molecule has 0 spiro atoms. The molecule has 3 unspecified atom stereocenters. The van der Waals surface area contributed by atoms with E-state index in [1.165, 1.54) is 32.1 Å². The van der Waals surface area contributed by atoms with Gasteiger partial charge in [-0.1, -0.05) is 26.2 Å². The molecule has 3 rings (SSSR count). The van der Waals surface area contributed by atoms with Crippen molar-refractivity contribution in [2.24, 2.45) is 13.0 Å². The Balaban J connectivity index is 2.20. The molecule has 0 bridgehead atoms. The number of aryl methyl sites for hydroxylation is 2. The smallest absolute Gasteiger partial charge is 0.158 e. The van der Waals surface area contributed by atoms with Crippen molar-refractivity contribution in [3.05, 3.63) is 11.5 Å². The highest BCUT2D eigenvalue weighted by Gasteiger charge is 2.31. The summed E-state index contributed by atoms with van der Waals surface area (Å²) in [4.78, 5) is 4.82. The summed E-state index contributed by atoms with van der Waals surface area (Å²) in [5.74, 6) is 1.73. The Labute approximate surface area is 131 Å². The Morgan fingerprint density at radius 2 is 2.05 bits per heavy atom.